The van der Waals surface area contributed by atoms with Crippen molar-refractivity contribution in [3.8, 4) is 17.0 Å². The van der Waals surface area contributed by atoms with Gasteiger partial charge in [0, 0.05) is 23.1 Å². The number of nitrogens with zero attached hydrogens (tertiary/aromatic N) is 1. The van der Waals surface area contributed by atoms with Gasteiger partial charge in [-0.3, -0.25) is 4.79 Å². The number of hydrogen-bond donors (Lipinski definition) is 1. The van der Waals surface area contributed by atoms with Crippen molar-refractivity contribution in [2.45, 2.75) is 37.7 Å². The molecule has 2 rings (SSSR count). The number of benzene rings is 1. The van der Waals surface area contributed by atoms with E-state index in [2.05, 4.69) is 4.98 Å². The van der Waals surface area contributed by atoms with Crippen LogP contribution in [0.15, 0.2) is 47.5 Å². The maximum absolute atomic E-state index is 10.5. The van der Waals surface area contributed by atoms with E-state index in [1.165, 1.54) is 0 Å². The van der Waals surface area contributed by atoms with Gasteiger partial charge in [-0.1, -0.05) is 12.1 Å². The number of aliphatic carboxylic acids is 1. The molecule has 0 aliphatic carbocycles. The Morgan fingerprint density at radius 1 is 1.26 bits per heavy atom. The lowest BCUT2D eigenvalue weighted by atomic mass is 10.1. The first-order valence-electron chi connectivity index (χ1n) is 7.63. The van der Waals surface area contributed by atoms with E-state index in [0.717, 1.165) is 21.8 Å². The Hall–Kier alpha value is -2.01. The second-order valence-electron chi connectivity index (χ2n) is 5.39. The normalized spacial score (nSPS) is 10.7. The van der Waals surface area contributed by atoms with Gasteiger partial charge in [0.2, 0.25) is 5.88 Å². The first kappa shape index (κ1) is 17.3. The molecule has 1 heterocycles. The fourth-order valence-electron chi connectivity index (χ4n) is 2.07. The molecule has 1 N–H and O–H groups in total. The summed E-state index contributed by atoms with van der Waals surface area (Å²) in [6, 6.07) is 12.1. The molecule has 0 saturated heterocycles. The van der Waals surface area contributed by atoms with Crippen LogP contribution in [0, 0.1) is 0 Å². The molecule has 1 aromatic carbocycles. The minimum atomic E-state index is -0.741. The minimum absolute atomic E-state index is 0.0766. The number of carboxylic acid groups (broad SMARTS) is 1. The molecule has 23 heavy (non-hydrogen) atoms. The van der Waals surface area contributed by atoms with Crippen molar-refractivity contribution >= 4 is 17.7 Å². The molecule has 2 aromatic rings. The van der Waals surface area contributed by atoms with E-state index in [1.807, 2.05) is 50.2 Å². The van der Waals surface area contributed by atoms with Crippen LogP contribution in [-0.2, 0) is 4.79 Å². The summed E-state index contributed by atoms with van der Waals surface area (Å²) in [4.78, 5) is 15.9. The number of aromatic nitrogens is 1. The van der Waals surface area contributed by atoms with Crippen LogP contribution in [0.4, 0.5) is 0 Å². The van der Waals surface area contributed by atoms with Crippen molar-refractivity contribution in [1.82, 2.24) is 4.98 Å². The summed E-state index contributed by atoms with van der Waals surface area (Å²) < 4.78 is 5.76. The second kappa shape index (κ2) is 8.58. The third kappa shape index (κ3) is 5.60. The van der Waals surface area contributed by atoms with Crippen LogP contribution in [-0.4, -0.2) is 27.9 Å². The molecule has 0 amide bonds. The predicted octanol–water partition coefficient (Wildman–Crippen LogP) is 4.49. The van der Waals surface area contributed by atoms with Crippen LogP contribution < -0.4 is 4.74 Å². The summed E-state index contributed by atoms with van der Waals surface area (Å²) in [5.74, 6) is 0.708. The Morgan fingerprint density at radius 2 is 2.00 bits per heavy atom. The molecule has 5 heteroatoms. The van der Waals surface area contributed by atoms with Gasteiger partial charge in [0.25, 0.3) is 0 Å². The predicted molar refractivity (Wildman–Crippen MR) is 93.0 cm³/mol. The zero-order chi connectivity index (χ0) is 16.7. The van der Waals surface area contributed by atoms with E-state index in [0.29, 0.717) is 12.3 Å². The Morgan fingerprint density at radius 3 is 2.65 bits per heavy atom. The highest BCUT2D eigenvalue weighted by Crippen LogP contribution is 2.30. The van der Waals surface area contributed by atoms with Gasteiger partial charge >= 0.3 is 5.97 Å². The Bertz CT molecular complexity index is 641. The largest absolute Gasteiger partial charge is 0.481 e. The third-order valence-electron chi connectivity index (χ3n) is 3.09. The molecule has 0 aliphatic rings. The summed E-state index contributed by atoms with van der Waals surface area (Å²) in [6.07, 6.45) is 2.70. The first-order chi connectivity index (χ1) is 11.1. The number of ether oxygens (including phenoxy) is 1. The summed E-state index contributed by atoms with van der Waals surface area (Å²) in [5, 5.41) is 8.63. The molecule has 0 aliphatic heterocycles. The van der Waals surface area contributed by atoms with Crippen molar-refractivity contribution in [3.63, 3.8) is 0 Å². The Kier molecular flexibility index (Phi) is 6.47. The Labute approximate surface area is 140 Å². The van der Waals surface area contributed by atoms with Crippen molar-refractivity contribution in [3.05, 3.63) is 42.6 Å². The molecule has 4 nitrogen and oxygen atoms in total. The molecule has 0 saturated carbocycles. The number of carbonyl (C=O) groups is 1. The molecule has 0 atom stereocenters. The van der Waals surface area contributed by atoms with E-state index in [-0.39, 0.29) is 12.5 Å². The van der Waals surface area contributed by atoms with Crippen LogP contribution in [0.3, 0.4) is 0 Å². The fraction of sp³-hybridized carbons (Fsp3) is 0.333. The molecule has 0 fully saturated rings. The average Bonchev–Trinajstić information content (AvgIpc) is 2.52. The van der Waals surface area contributed by atoms with E-state index >= 15 is 0 Å². The number of hydrogen-bond acceptors (Lipinski definition) is 4. The van der Waals surface area contributed by atoms with E-state index in [1.54, 1.807) is 18.0 Å². The standard InChI is InChI=1S/C18H21NO3S/c1-13(2)22-18-16(5-3-11-19-18)14-7-9-15(10-8-14)23-12-4-6-17(20)21/h3,5,7-11,13H,4,6,12H2,1-2H3,(H,20,21). The van der Waals surface area contributed by atoms with Crippen LogP contribution >= 0.6 is 11.8 Å². The third-order valence-corrected chi connectivity index (χ3v) is 4.19. The highest BCUT2D eigenvalue weighted by atomic mass is 32.2. The van der Waals surface area contributed by atoms with Crippen LogP contribution in [0.25, 0.3) is 11.1 Å². The van der Waals surface area contributed by atoms with Crippen LogP contribution in [0.5, 0.6) is 5.88 Å². The molecule has 1 aromatic heterocycles. The van der Waals surface area contributed by atoms with Gasteiger partial charge in [-0.15, -0.1) is 11.8 Å². The van der Waals surface area contributed by atoms with E-state index < -0.39 is 5.97 Å². The van der Waals surface area contributed by atoms with Gasteiger partial charge in [-0.2, -0.15) is 0 Å². The van der Waals surface area contributed by atoms with E-state index in [4.69, 9.17) is 9.84 Å². The van der Waals surface area contributed by atoms with Crippen molar-refractivity contribution in [1.29, 1.82) is 0 Å². The first-order valence-corrected chi connectivity index (χ1v) is 8.61. The molecule has 0 spiro atoms. The molecular weight excluding hydrogens is 310 g/mol. The fourth-order valence-corrected chi connectivity index (χ4v) is 2.92. The zero-order valence-electron chi connectivity index (χ0n) is 13.4. The lowest BCUT2D eigenvalue weighted by molar-refractivity contribution is -0.137. The van der Waals surface area contributed by atoms with Crippen molar-refractivity contribution in [2.75, 3.05) is 5.75 Å². The smallest absolute Gasteiger partial charge is 0.303 e. The summed E-state index contributed by atoms with van der Waals surface area (Å²) in [7, 11) is 0. The highest BCUT2D eigenvalue weighted by Gasteiger charge is 2.09. The van der Waals surface area contributed by atoms with Gasteiger partial charge in [0.15, 0.2) is 0 Å². The maximum Gasteiger partial charge on any atom is 0.303 e. The summed E-state index contributed by atoms with van der Waals surface area (Å²) in [6.45, 7) is 3.96. The molecule has 0 bridgehead atoms. The van der Waals surface area contributed by atoms with E-state index in [9.17, 15) is 4.79 Å². The second-order valence-corrected chi connectivity index (χ2v) is 6.56. The lowest BCUT2D eigenvalue weighted by Gasteiger charge is -2.13. The average molecular weight is 331 g/mol. The van der Waals surface area contributed by atoms with Gasteiger partial charge in [0.05, 0.1) is 6.10 Å². The SMILES string of the molecule is CC(C)Oc1ncccc1-c1ccc(SCCCC(=O)O)cc1. The minimum Gasteiger partial charge on any atom is -0.481 e. The molecule has 0 unspecified atom stereocenters. The number of carboxylic acids is 1. The monoisotopic (exact) mass is 331 g/mol. The number of pyridine rings is 1. The number of rotatable bonds is 8. The molecular formula is C18H21NO3S. The maximum atomic E-state index is 10.5. The Balaban J connectivity index is 2.03. The summed E-state index contributed by atoms with van der Waals surface area (Å²) >= 11 is 1.67. The van der Waals surface area contributed by atoms with Gasteiger partial charge in [0.1, 0.15) is 0 Å². The van der Waals surface area contributed by atoms with Gasteiger partial charge in [-0.25, -0.2) is 4.98 Å². The summed E-state index contributed by atoms with van der Waals surface area (Å²) in [5.41, 5.74) is 2.03. The van der Waals surface area contributed by atoms with Gasteiger partial charge in [-0.05, 0) is 55.9 Å². The van der Waals surface area contributed by atoms with Crippen LogP contribution in [0.1, 0.15) is 26.7 Å². The van der Waals surface area contributed by atoms with Crippen molar-refractivity contribution < 1.29 is 14.6 Å². The quantitative estimate of drug-likeness (QED) is 0.570. The van der Waals surface area contributed by atoms with Gasteiger partial charge < -0.3 is 9.84 Å². The topological polar surface area (TPSA) is 59.4 Å². The number of thioether (sulfide) groups is 1. The lowest BCUT2D eigenvalue weighted by Crippen LogP contribution is -2.07. The molecule has 122 valence electrons. The van der Waals surface area contributed by atoms with Crippen LogP contribution in [0.2, 0.25) is 0 Å². The zero-order valence-corrected chi connectivity index (χ0v) is 14.2. The van der Waals surface area contributed by atoms with Crippen molar-refractivity contribution in [2.24, 2.45) is 0 Å². The highest BCUT2D eigenvalue weighted by molar-refractivity contribution is 7.99. The molecule has 0 radical (unpaired) electrons.